The zero-order valence-electron chi connectivity index (χ0n) is 13.4. The topological polar surface area (TPSA) is 66.8 Å². The van der Waals surface area contributed by atoms with Gasteiger partial charge in [0.15, 0.2) is 5.65 Å². The lowest BCUT2D eigenvalue weighted by Crippen LogP contribution is -2.26. The molecule has 24 heavy (non-hydrogen) atoms. The first-order valence-electron chi connectivity index (χ1n) is 8.58. The van der Waals surface area contributed by atoms with Crippen LogP contribution < -0.4 is 10.5 Å². The molecule has 2 aliphatic rings. The maximum atomic E-state index is 12.5. The molecule has 1 saturated carbocycles. The Morgan fingerprint density at radius 1 is 1.08 bits per heavy atom. The molecule has 0 unspecified atom stereocenters. The number of aromatic nitrogens is 4. The molecule has 6 heteroatoms. The molecule has 0 spiro atoms. The van der Waals surface area contributed by atoms with Crippen LogP contribution in [-0.4, -0.2) is 32.8 Å². The summed E-state index contributed by atoms with van der Waals surface area (Å²) >= 11 is 0. The van der Waals surface area contributed by atoms with Crippen molar-refractivity contribution in [3.05, 3.63) is 46.9 Å². The molecule has 0 radical (unpaired) electrons. The van der Waals surface area contributed by atoms with Crippen LogP contribution in [0.1, 0.15) is 19.3 Å². The maximum absolute atomic E-state index is 12.5. The number of fused-ring (bicyclic) bond motifs is 2. The Morgan fingerprint density at radius 3 is 2.58 bits per heavy atom. The molecule has 1 aliphatic carbocycles. The van der Waals surface area contributed by atoms with Gasteiger partial charge >= 0.3 is 0 Å². The fraction of sp³-hybridized carbons (Fsp3) is 0.389. The van der Waals surface area contributed by atoms with Gasteiger partial charge in [-0.2, -0.15) is 10.1 Å². The number of nitrogens with zero attached hydrogens (tertiary/aromatic N) is 4. The molecule has 122 valence electrons. The van der Waals surface area contributed by atoms with Gasteiger partial charge in [-0.05, 0) is 36.8 Å². The molecule has 1 aromatic carbocycles. The average Bonchev–Trinajstić information content (AvgIpc) is 3.29. The molecular formula is C18H19N5O. The minimum absolute atomic E-state index is 0.116. The van der Waals surface area contributed by atoms with E-state index in [1.165, 1.54) is 19.3 Å². The minimum atomic E-state index is -0.116. The summed E-state index contributed by atoms with van der Waals surface area (Å²) in [6.07, 6.45) is 5.54. The van der Waals surface area contributed by atoms with Crippen LogP contribution in [0.15, 0.2) is 41.3 Å². The molecule has 5 rings (SSSR count). The quantitative estimate of drug-likeness (QED) is 0.787. The van der Waals surface area contributed by atoms with Gasteiger partial charge in [0.05, 0.1) is 11.9 Å². The van der Waals surface area contributed by atoms with E-state index in [-0.39, 0.29) is 5.56 Å². The predicted octanol–water partition coefficient (Wildman–Crippen LogP) is 2.35. The van der Waals surface area contributed by atoms with Crippen molar-refractivity contribution in [3.63, 3.8) is 0 Å². The van der Waals surface area contributed by atoms with Crippen molar-refractivity contribution in [3.8, 4) is 5.69 Å². The largest absolute Gasteiger partial charge is 0.342 e. The lowest BCUT2D eigenvalue weighted by atomic mass is 10.0. The van der Waals surface area contributed by atoms with E-state index in [0.29, 0.717) is 17.0 Å². The van der Waals surface area contributed by atoms with E-state index in [1.807, 2.05) is 30.3 Å². The Bertz CT molecular complexity index is 933. The van der Waals surface area contributed by atoms with Crippen LogP contribution in [0.2, 0.25) is 0 Å². The van der Waals surface area contributed by atoms with Gasteiger partial charge in [-0.25, -0.2) is 4.68 Å². The molecule has 6 nitrogen and oxygen atoms in total. The van der Waals surface area contributed by atoms with E-state index in [4.69, 9.17) is 4.98 Å². The van der Waals surface area contributed by atoms with Crippen molar-refractivity contribution in [2.24, 2.45) is 11.8 Å². The van der Waals surface area contributed by atoms with Crippen LogP contribution in [-0.2, 0) is 0 Å². The molecule has 3 heterocycles. The fourth-order valence-corrected chi connectivity index (χ4v) is 4.22. The van der Waals surface area contributed by atoms with Gasteiger partial charge in [0.1, 0.15) is 5.39 Å². The highest BCUT2D eigenvalue weighted by atomic mass is 16.1. The average molecular weight is 321 g/mol. The Kier molecular flexibility index (Phi) is 2.98. The zero-order chi connectivity index (χ0) is 16.1. The smallest absolute Gasteiger partial charge is 0.263 e. The van der Waals surface area contributed by atoms with Crippen molar-refractivity contribution in [1.29, 1.82) is 0 Å². The third kappa shape index (κ3) is 2.06. The summed E-state index contributed by atoms with van der Waals surface area (Å²) < 4.78 is 1.74. The molecule has 0 bridgehead atoms. The number of hydrogen-bond donors (Lipinski definition) is 1. The number of aromatic amines is 1. The highest BCUT2D eigenvalue weighted by Crippen LogP contribution is 2.38. The second-order valence-corrected chi connectivity index (χ2v) is 6.87. The predicted molar refractivity (Wildman–Crippen MR) is 92.5 cm³/mol. The van der Waals surface area contributed by atoms with Crippen molar-refractivity contribution in [2.45, 2.75) is 19.3 Å². The highest BCUT2D eigenvalue weighted by molar-refractivity contribution is 5.76. The molecule has 2 aromatic heterocycles. The normalized spacial score (nSPS) is 23.1. The first-order chi connectivity index (χ1) is 11.8. The summed E-state index contributed by atoms with van der Waals surface area (Å²) in [6.45, 7) is 2.00. The molecular weight excluding hydrogens is 302 g/mol. The lowest BCUT2D eigenvalue weighted by Gasteiger charge is -2.17. The molecule has 0 amide bonds. The molecule has 2 fully saturated rings. The van der Waals surface area contributed by atoms with Crippen LogP contribution in [0.5, 0.6) is 0 Å². The zero-order valence-corrected chi connectivity index (χ0v) is 13.4. The summed E-state index contributed by atoms with van der Waals surface area (Å²) in [5.74, 6) is 2.19. The Labute approximate surface area is 139 Å². The monoisotopic (exact) mass is 321 g/mol. The van der Waals surface area contributed by atoms with Crippen molar-refractivity contribution in [1.82, 2.24) is 19.7 Å². The van der Waals surface area contributed by atoms with Crippen LogP contribution in [0, 0.1) is 11.8 Å². The molecule has 2 atom stereocenters. The summed E-state index contributed by atoms with van der Waals surface area (Å²) in [7, 11) is 0. The third-order valence-electron chi connectivity index (χ3n) is 5.45. The number of hydrogen-bond acceptors (Lipinski definition) is 4. The summed E-state index contributed by atoms with van der Waals surface area (Å²) in [5.41, 5.74) is 1.42. The lowest BCUT2D eigenvalue weighted by molar-refractivity contribution is 0.494. The molecule has 1 N–H and O–H groups in total. The fourth-order valence-electron chi connectivity index (χ4n) is 4.22. The van der Waals surface area contributed by atoms with Crippen LogP contribution in [0.3, 0.4) is 0 Å². The Hall–Kier alpha value is -2.63. The van der Waals surface area contributed by atoms with Gasteiger partial charge < -0.3 is 4.90 Å². The number of benzene rings is 1. The number of anilines is 1. The van der Waals surface area contributed by atoms with Crippen molar-refractivity contribution in [2.75, 3.05) is 18.0 Å². The van der Waals surface area contributed by atoms with Crippen LogP contribution in [0.4, 0.5) is 5.95 Å². The second-order valence-electron chi connectivity index (χ2n) is 6.87. The van der Waals surface area contributed by atoms with E-state index in [2.05, 4.69) is 15.0 Å². The van der Waals surface area contributed by atoms with E-state index < -0.39 is 0 Å². The van der Waals surface area contributed by atoms with Gasteiger partial charge in [-0.1, -0.05) is 24.6 Å². The van der Waals surface area contributed by atoms with Gasteiger partial charge in [-0.15, -0.1) is 0 Å². The van der Waals surface area contributed by atoms with Gasteiger partial charge in [0.2, 0.25) is 5.95 Å². The standard InChI is InChI=1S/C18H19N5O/c24-17-15-9-19-23(14-7-2-1-3-8-14)16(15)20-18(21-17)22-10-12-5-4-6-13(12)11-22/h1-3,7-9,12-13H,4-6,10-11H2,(H,20,21,24)/t12-,13-/m0/s1. The highest BCUT2D eigenvalue weighted by Gasteiger charge is 2.37. The first-order valence-corrected chi connectivity index (χ1v) is 8.58. The van der Waals surface area contributed by atoms with E-state index in [0.717, 1.165) is 30.6 Å². The van der Waals surface area contributed by atoms with Crippen LogP contribution >= 0.6 is 0 Å². The summed E-state index contributed by atoms with van der Waals surface area (Å²) in [5, 5.41) is 4.90. The molecule has 1 aliphatic heterocycles. The number of para-hydroxylation sites is 1. The minimum Gasteiger partial charge on any atom is -0.342 e. The van der Waals surface area contributed by atoms with Crippen LogP contribution in [0.25, 0.3) is 16.7 Å². The number of rotatable bonds is 2. The van der Waals surface area contributed by atoms with Crippen molar-refractivity contribution < 1.29 is 0 Å². The second kappa shape index (κ2) is 5.19. The Balaban J connectivity index is 1.60. The van der Waals surface area contributed by atoms with E-state index >= 15 is 0 Å². The third-order valence-corrected chi connectivity index (χ3v) is 5.45. The number of H-pyrrole nitrogens is 1. The Morgan fingerprint density at radius 2 is 1.83 bits per heavy atom. The summed E-state index contributed by atoms with van der Waals surface area (Å²) in [4.78, 5) is 22.4. The number of nitrogens with one attached hydrogen (secondary N) is 1. The summed E-state index contributed by atoms with van der Waals surface area (Å²) in [6, 6.07) is 9.81. The van der Waals surface area contributed by atoms with E-state index in [9.17, 15) is 4.79 Å². The van der Waals surface area contributed by atoms with Gasteiger partial charge in [0.25, 0.3) is 5.56 Å². The van der Waals surface area contributed by atoms with Gasteiger partial charge in [-0.3, -0.25) is 9.78 Å². The SMILES string of the molecule is O=c1[nH]c(N2C[C@@H]3CCC[C@H]3C2)nc2c1cnn2-c1ccccc1. The van der Waals surface area contributed by atoms with Gasteiger partial charge in [0, 0.05) is 13.1 Å². The molecule has 1 saturated heterocycles. The van der Waals surface area contributed by atoms with Crippen molar-refractivity contribution >= 4 is 17.0 Å². The molecule has 3 aromatic rings. The van der Waals surface area contributed by atoms with E-state index in [1.54, 1.807) is 10.9 Å². The maximum Gasteiger partial charge on any atom is 0.263 e. The first kappa shape index (κ1) is 13.8.